The van der Waals surface area contributed by atoms with Crippen molar-refractivity contribution in [3.05, 3.63) is 12.3 Å². The van der Waals surface area contributed by atoms with Gasteiger partial charge in [0.05, 0.1) is 6.04 Å². The van der Waals surface area contributed by atoms with Gasteiger partial charge in [-0.05, 0) is 17.9 Å². The maximum absolute atomic E-state index is 4.09. The maximum atomic E-state index is 4.09. The molecule has 1 heterocycles. The minimum absolute atomic E-state index is 0.274. The lowest BCUT2D eigenvalue weighted by Crippen LogP contribution is -2.23. The van der Waals surface area contributed by atoms with Crippen LogP contribution in [0.5, 0.6) is 0 Å². The van der Waals surface area contributed by atoms with Crippen LogP contribution in [0.2, 0.25) is 0 Å². The molecule has 1 unspecified atom stereocenters. The lowest BCUT2D eigenvalue weighted by atomic mass is 9.82. The fraction of sp³-hybridized carbons (Fsp3) is 0.750. The third-order valence-corrected chi connectivity index (χ3v) is 2.24. The van der Waals surface area contributed by atoms with Crippen molar-refractivity contribution < 1.29 is 0 Å². The first-order valence-electron chi connectivity index (χ1n) is 3.73. The van der Waals surface area contributed by atoms with Gasteiger partial charge in [-0.25, -0.2) is 0 Å². The SMILES string of the molecule is CCC(C)(C)C1C=CN=N1. The molecule has 0 radical (unpaired) electrons. The molecule has 0 N–H and O–H groups in total. The maximum Gasteiger partial charge on any atom is 0.0961 e. The molecule has 0 saturated carbocycles. The number of rotatable bonds is 2. The van der Waals surface area contributed by atoms with Gasteiger partial charge in [0.1, 0.15) is 0 Å². The minimum Gasteiger partial charge on any atom is -0.181 e. The van der Waals surface area contributed by atoms with E-state index in [1.807, 2.05) is 0 Å². The van der Waals surface area contributed by atoms with Crippen molar-refractivity contribution in [2.75, 3.05) is 0 Å². The van der Waals surface area contributed by atoms with E-state index in [9.17, 15) is 0 Å². The van der Waals surface area contributed by atoms with Gasteiger partial charge in [-0.3, -0.25) is 0 Å². The van der Waals surface area contributed by atoms with Gasteiger partial charge in [-0.2, -0.15) is 10.2 Å². The molecule has 1 aliphatic heterocycles. The Morgan fingerprint density at radius 1 is 1.50 bits per heavy atom. The Morgan fingerprint density at radius 2 is 2.20 bits per heavy atom. The van der Waals surface area contributed by atoms with Gasteiger partial charge in [-0.1, -0.05) is 20.8 Å². The largest absolute Gasteiger partial charge is 0.181 e. The molecule has 2 heteroatoms. The standard InChI is InChI=1S/C8H14N2/c1-4-8(2,3)7-5-6-9-10-7/h5-7H,4H2,1-3H3. The van der Waals surface area contributed by atoms with Crippen molar-refractivity contribution >= 4 is 0 Å². The summed E-state index contributed by atoms with van der Waals surface area (Å²) in [7, 11) is 0. The third kappa shape index (κ3) is 1.25. The van der Waals surface area contributed by atoms with Crippen LogP contribution in [0.15, 0.2) is 22.5 Å². The van der Waals surface area contributed by atoms with Gasteiger partial charge in [0.2, 0.25) is 0 Å². The molecular weight excluding hydrogens is 124 g/mol. The Bertz CT molecular complexity index is 156. The average Bonchev–Trinajstić information content (AvgIpc) is 2.38. The highest BCUT2D eigenvalue weighted by molar-refractivity contribution is 5.02. The normalized spacial score (nSPS) is 24.1. The van der Waals surface area contributed by atoms with Crippen LogP contribution >= 0.6 is 0 Å². The van der Waals surface area contributed by atoms with Crippen LogP contribution < -0.4 is 0 Å². The smallest absolute Gasteiger partial charge is 0.0961 e. The van der Waals surface area contributed by atoms with Gasteiger partial charge in [0, 0.05) is 6.20 Å². The molecule has 1 rings (SSSR count). The predicted octanol–water partition coefficient (Wildman–Crippen LogP) is 2.77. The van der Waals surface area contributed by atoms with E-state index >= 15 is 0 Å². The van der Waals surface area contributed by atoms with Crippen LogP contribution in [0.25, 0.3) is 0 Å². The molecule has 56 valence electrons. The van der Waals surface area contributed by atoms with Crippen LogP contribution in [0.4, 0.5) is 0 Å². The fourth-order valence-electron chi connectivity index (χ4n) is 0.895. The minimum atomic E-state index is 0.274. The summed E-state index contributed by atoms with van der Waals surface area (Å²) in [6, 6.07) is 0.303. The Morgan fingerprint density at radius 3 is 2.60 bits per heavy atom. The summed E-state index contributed by atoms with van der Waals surface area (Å²) in [5.41, 5.74) is 0.274. The van der Waals surface area contributed by atoms with E-state index in [4.69, 9.17) is 0 Å². The predicted molar refractivity (Wildman–Crippen MR) is 41.9 cm³/mol. The zero-order valence-electron chi connectivity index (χ0n) is 6.83. The van der Waals surface area contributed by atoms with Crippen LogP contribution in [-0.4, -0.2) is 6.04 Å². The number of hydrogen-bond acceptors (Lipinski definition) is 2. The van der Waals surface area contributed by atoms with Crippen molar-refractivity contribution in [1.82, 2.24) is 0 Å². The van der Waals surface area contributed by atoms with E-state index in [0.717, 1.165) is 6.42 Å². The summed E-state index contributed by atoms with van der Waals surface area (Å²) in [6.45, 7) is 6.61. The Kier molecular flexibility index (Phi) is 1.88. The first-order valence-corrected chi connectivity index (χ1v) is 3.73. The molecule has 0 saturated heterocycles. The van der Waals surface area contributed by atoms with Gasteiger partial charge in [0.15, 0.2) is 0 Å². The van der Waals surface area contributed by atoms with Crippen LogP contribution in [0.3, 0.4) is 0 Å². The van der Waals surface area contributed by atoms with E-state index in [0.29, 0.717) is 6.04 Å². The van der Waals surface area contributed by atoms with Crippen LogP contribution in [0.1, 0.15) is 27.2 Å². The van der Waals surface area contributed by atoms with Crippen molar-refractivity contribution in [3.8, 4) is 0 Å². The second kappa shape index (κ2) is 2.52. The highest BCUT2D eigenvalue weighted by atomic mass is 15.1. The highest BCUT2D eigenvalue weighted by Crippen LogP contribution is 2.30. The number of azo groups is 1. The Balaban J connectivity index is 2.64. The van der Waals surface area contributed by atoms with E-state index < -0.39 is 0 Å². The molecule has 2 nitrogen and oxygen atoms in total. The zero-order valence-corrected chi connectivity index (χ0v) is 6.83. The van der Waals surface area contributed by atoms with Gasteiger partial charge in [0.25, 0.3) is 0 Å². The summed E-state index contributed by atoms with van der Waals surface area (Å²) in [5, 5.41) is 7.92. The van der Waals surface area contributed by atoms with E-state index in [2.05, 4.69) is 37.1 Å². The topological polar surface area (TPSA) is 24.7 Å². The average molecular weight is 138 g/mol. The van der Waals surface area contributed by atoms with Gasteiger partial charge >= 0.3 is 0 Å². The molecule has 1 atom stereocenters. The second-order valence-electron chi connectivity index (χ2n) is 3.36. The quantitative estimate of drug-likeness (QED) is 0.560. The molecule has 0 aliphatic carbocycles. The summed E-state index contributed by atoms with van der Waals surface area (Å²) in [6.07, 6.45) is 4.98. The molecule has 0 spiro atoms. The lowest BCUT2D eigenvalue weighted by Gasteiger charge is -2.25. The molecule has 10 heavy (non-hydrogen) atoms. The van der Waals surface area contributed by atoms with Crippen LogP contribution in [0, 0.1) is 5.41 Å². The van der Waals surface area contributed by atoms with E-state index in [1.54, 1.807) is 6.20 Å². The van der Waals surface area contributed by atoms with Crippen molar-refractivity contribution in [1.29, 1.82) is 0 Å². The van der Waals surface area contributed by atoms with Gasteiger partial charge < -0.3 is 0 Å². The second-order valence-corrected chi connectivity index (χ2v) is 3.36. The molecule has 0 fully saturated rings. The molecule has 1 aliphatic rings. The fourth-order valence-corrected chi connectivity index (χ4v) is 0.895. The Labute approximate surface area is 62.0 Å². The summed E-state index contributed by atoms with van der Waals surface area (Å²) < 4.78 is 0. The van der Waals surface area contributed by atoms with Crippen LogP contribution in [-0.2, 0) is 0 Å². The highest BCUT2D eigenvalue weighted by Gasteiger charge is 2.26. The summed E-state index contributed by atoms with van der Waals surface area (Å²) in [5.74, 6) is 0. The van der Waals surface area contributed by atoms with E-state index in [1.165, 1.54) is 0 Å². The summed E-state index contributed by atoms with van der Waals surface area (Å²) >= 11 is 0. The molecule has 0 bridgehead atoms. The number of hydrogen-bond donors (Lipinski definition) is 0. The van der Waals surface area contributed by atoms with E-state index in [-0.39, 0.29) is 5.41 Å². The molecule has 0 amide bonds. The first-order chi connectivity index (χ1) is 4.67. The third-order valence-electron chi connectivity index (χ3n) is 2.24. The molecule has 0 aromatic heterocycles. The van der Waals surface area contributed by atoms with Crippen molar-refractivity contribution in [2.45, 2.75) is 33.2 Å². The monoisotopic (exact) mass is 138 g/mol. The number of nitrogens with zero attached hydrogens (tertiary/aromatic N) is 2. The lowest BCUT2D eigenvalue weighted by molar-refractivity contribution is 0.312. The molecule has 0 aromatic carbocycles. The zero-order chi connectivity index (χ0) is 7.61. The summed E-state index contributed by atoms with van der Waals surface area (Å²) in [4.78, 5) is 0. The molecule has 0 aromatic rings. The van der Waals surface area contributed by atoms with Gasteiger partial charge in [-0.15, -0.1) is 0 Å². The first kappa shape index (κ1) is 7.45. The Hall–Kier alpha value is -0.660. The molecular formula is C8H14N2. The van der Waals surface area contributed by atoms with Crippen molar-refractivity contribution in [3.63, 3.8) is 0 Å². The van der Waals surface area contributed by atoms with Crippen molar-refractivity contribution in [2.24, 2.45) is 15.6 Å².